The maximum absolute atomic E-state index is 12.9. The number of carboxylic acids is 1. The molecule has 3 rings (SSSR count). The first kappa shape index (κ1) is 16.1. The van der Waals surface area contributed by atoms with E-state index in [1.807, 2.05) is 0 Å². The first-order chi connectivity index (χ1) is 11.5. The van der Waals surface area contributed by atoms with E-state index in [1.165, 1.54) is 35.3 Å². The molecular weight excluding hydrogens is 315 g/mol. The maximum atomic E-state index is 12.9. The van der Waals surface area contributed by atoms with Gasteiger partial charge >= 0.3 is 5.97 Å². The summed E-state index contributed by atoms with van der Waals surface area (Å²) in [6.45, 7) is 0. The number of aromatic nitrogens is 3. The molecule has 0 unspecified atom stereocenters. The summed E-state index contributed by atoms with van der Waals surface area (Å²) in [4.78, 5) is 24.4. The number of nitrogens with zero attached hydrogens (tertiary/aromatic N) is 3. The third-order valence-electron chi connectivity index (χ3n) is 4.19. The minimum atomic E-state index is -0.776. The number of hydrogen-bond acceptors (Lipinski definition) is 4. The van der Waals surface area contributed by atoms with Crippen LogP contribution in [0.2, 0.25) is 0 Å². The van der Waals surface area contributed by atoms with Crippen LogP contribution >= 0.6 is 0 Å². The van der Waals surface area contributed by atoms with Gasteiger partial charge in [-0.05, 0) is 49.9 Å². The van der Waals surface area contributed by atoms with Gasteiger partial charge in [0.1, 0.15) is 5.82 Å². The molecule has 7 nitrogen and oxygen atoms in total. The lowest BCUT2D eigenvalue weighted by molar-refractivity contribution is -0.142. The standard InChI is InChI=1S/C16H17FN4O3/c17-11-3-7-13(8-4-11)21-18-9-14(20-21)15(22)19-12-5-1-10(2-6-12)16(23)24/h3-4,7-10,12H,1-2,5-6H2,(H,19,22)(H,23,24). The average molecular weight is 332 g/mol. The van der Waals surface area contributed by atoms with Crippen LogP contribution in [0.5, 0.6) is 0 Å². The van der Waals surface area contributed by atoms with Crippen molar-refractivity contribution in [3.8, 4) is 5.69 Å². The minimum Gasteiger partial charge on any atom is -0.481 e. The van der Waals surface area contributed by atoms with Gasteiger partial charge in [0.05, 0.1) is 17.8 Å². The number of aliphatic carboxylic acids is 1. The van der Waals surface area contributed by atoms with E-state index in [9.17, 15) is 14.0 Å². The zero-order valence-electron chi connectivity index (χ0n) is 12.9. The minimum absolute atomic E-state index is 0.0518. The molecule has 2 aromatic rings. The SMILES string of the molecule is O=C(NC1CCC(C(=O)O)CC1)c1cnn(-c2ccc(F)cc2)n1. The van der Waals surface area contributed by atoms with Crippen molar-refractivity contribution in [2.24, 2.45) is 5.92 Å². The van der Waals surface area contributed by atoms with Gasteiger partial charge in [0.15, 0.2) is 5.69 Å². The molecule has 0 spiro atoms. The third kappa shape index (κ3) is 3.58. The number of benzene rings is 1. The molecular formula is C16H17FN4O3. The molecule has 126 valence electrons. The lowest BCUT2D eigenvalue weighted by Crippen LogP contribution is -2.38. The van der Waals surface area contributed by atoms with Gasteiger partial charge in [-0.15, -0.1) is 5.10 Å². The Kier molecular flexibility index (Phi) is 4.54. The topological polar surface area (TPSA) is 97.1 Å². The number of carbonyl (C=O) groups is 2. The van der Waals surface area contributed by atoms with E-state index >= 15 is 0 Å². The highest BCUT2D eigenvalue weighted by molar-refractivity contribution is 5.92. The molecule has 0 atom stereocenters. The number of hydrogen-bond donors (Lipinski definition) is 2. The molecule has 1 heterocycles. The van der Waals surface area contributed by atoms with E-state index in [0.717, 1.165) is 0 Å². The molecule has 24 heavy (non-hydrogen) atoms. The van der Waals surface area contributed by atoms with Gasteiger partial charge in [-0.1, -0.05) is 0 Å². The van der Waals surface area contributed by atoms with E-state index in [2.05, 4.69) is 15.5 Å². The van der Waals surface area contributed by atoms with Crippen molar-refractivity contribution < 1.29 is 19.1 Å². The second-order valence-corrected chi connectivity index (χ2v) is 5.86. The number of carboxylic acid groups (broad SMARTS) is 1. The fourth-order valence-corrected chi connectivity index (χ4v) is 2.81. The molecule has 1 amide bonds. The lowest BCUT2D eigenvalue weighted by Gasteiger charge is -2.26. The Morgan fingerprint density at radius 1 is 1.17 bits per heavy atom. The van der Waals surface area contributed by atoms with Crippen molar-refractivity contribution >= 4 is 11.9 Å². The number of amides is 1. The van der Waals surface area contributed by atoms with Crippen LogP contribution in [0.15, 0.2) is 30.5 Å². The Bertz CT molecular complexity index is 736. The fraction of sp³-hybridized carbons (Fsp3) is 0.375. The van der Waals surface area contributed by atoms with Crippen molar-refractivity contribution in [2.45, 2.75) is 31.7 Å². The van der Waals surface area contributed by atoms with Crippen molar-refractivity contribution in [3.05, 3.63) is 42.0 Å². The second kappa shape index (κ2) is 6.77. The summed E-state index contributed by atoms with van der Waals surface area (Å²) >= 11 is 0. The molecule has 1 aromatic carbocycles. The maximum Gasteiger partial charge on any atom is 0.306 e. The largest absolute Gasteiger partial charge is 0.481 e. The van der Waals surface area contributed by atoms with Crippen molar-refractivity contribution in [2.75, 3.05) is 0 Å². The second-order valence-electron chi connectivity index (χ2n) is 5.86. The average Bonchev–Trinajstić information content (AvgIpc) is 3.06. The predicted octanol–water partition coefficient (Wildman–Crippen LogP) is 1.78. The molecule has 8 heteroatoms. The van der Waals surface area contributed by atoms with Crippen LogP contribution in [-0.4, -0.2) is 38.0 Å². The molecule has 1 fully saturated rings. The molecule has 0 radical (unpaired) electrons. The Hall–Kier alpha value is -2.77. The van der Waals surface area contributed by atoms with Crippen LogP contribution in [0.4, 0.5) is 4.39 Å². The summed E-state index contributed by atoms with van der Waals surface area (Å²) in [7, 11) is 0. The Morgan fingerprint density at radius 3 is 2.46 bits per heavy atom. The zero-order valence-corrected chi connectivity index (χ0v) is 12.9. The highest BCUT2D eigenvalue weighted by atomic mass is 19.1. The third-order valence-corrected chi connectivity index (χ3v) is 4.19. The molecule has 0 aliphatic heterocycles. The molecule has 2 N–H and O–H groups in total. The van der Waals surface area contributed by atoms with Crippen LogP contribution in [0.1, 0.15) is 36.2 Å². The lowest BCUT2D eigenvalue weighted by atomic mass is 9.86. The van der Waals surface area contributed by atoms with Crippen molar-refractivity contribution in [1.82, 2.24) is 20.3 Å². The van der Waals surface area contributed by atoms with Crippen molar-refractivity contribution in [3.63, 3.8) is 0 Å². The van der Waals surface area contributed by atoms with Crippen molar-refractivity contribution in [1.29, 1.82) is 0 Å². The van der Waals surface area contributed by atoms with Gasteiger partial charge in [-0.3, -0.25) is 9.59 Å². The number of rotatable bonds is 4. The van der Waals surface area contributed by atoms with Gasteiger partial charge in [0, 0.05) is 6.04 Å². The predicted molar refractivity (Wildman–Crippen MR) is 82.2 cm³/mol. The normalized spacial score (nSPS) is 20.5. The van der Waals surface area contributed by atoms with Crippen LogP contribution in [0.25, 0.3) is 5.69 Å². The Labute approximate surface area is 137 Å². The molecule has 0 bridgehead atoms. The number of carbonyl (C=O) groups excluding carboxylic acids is 1. The Morgan fingerprint density at radius 2 is 1.83 bits per heavy atom. The van der Waals surface area contributed by atoms with Crippen LogP contribution < -0.4 is 5.32 Å². The summed E-state index contributed by atoms with van der Waals surface area (Å²) in [5.41, 5.74) is 0.720. The van der Waals surface area contributed by atoms with Crippen LogP contribution in [0.3, 0.4) is 0 Å². The van der Waals surface area contributed by atoms with Gasteiger partial charge in [-0.25, -0.2) is 4.39 Å². The molecule has 0 saturated heterocycles. The van der Waals surface area contributed by atoms with E-state index in [1.54, 1.807) is 0 Å². The van der Waals surface area contributed by atoms with E-state index in [0.29, 0.717) is 31.4 Å². The molecule has 1 aliphatic rings. The van der Waals surface area contributed by atoms with Gasteiger partial charge in [0.25, 0.3) is 5.91 Å². The molecule has 1 aromatic heterocycles. The summed E-state index contributed by atoms with van der Waals surface area (Å²) < 4.78 is 12.9. The highest BCUT2D eigenvalue weighted by Crippen LogP contribution is 2.24. The smallest absolute Gasteiger partial charge is 0.306 e. The van der Waals surface area contributed by atoms with E-state index in [4.69, 9.17) is 5.11 Å². The summed E-state index contributed by atoms with van der Waals surface area (Å²) in [6.07, 6.45) is 3.73. The van der Waals surface area contributed by atoms with Gasteiger partial charge < -0.3 is 10.4 Å². The van der Waals surface area contributed by atoms with E-state index < -0.39 is 5.97 Å². The Balaban J connectivity index is 1.60. The summed E-state index contributed by atoms with van der Waals surface area (Å²) in [5, 5.41) is 19.9. The first-order valence-electron chi connectivity index (χ1n) is 7.75. The molecule has 1 saturated carbocycles. The quantitative estimate of drug-likeness (QED) is 0.889. The highest BCUT2D eigenvalue weighted by Gasteiger charge is 2.27. The van der Waals surface area contributed by atoms with Gasteiger partial charge in [0.2, 0.25) is 0 Å². The number of nitrogens with one attached hydrogen (secondary N) is 1. The van der Waals surface area contributed by atoms with Crippen LogP contribution in [-0.2, 0) is 4.79 Å². The number of halogens is 1. The first-order valence-corrected chi connectivity index (χ1v) is 7.75. The fourth-order valence-electron chi connectivity index (χ4n) is 2.81. The zero-order chi connectivity index (χ0) is 17.1. The molecule has 1 aliphatic carbocycles. The summed E-state index contributed by atoms with van der Waals surface area (Å²) in [6, 6.07) is 5.57. The van der Waals surface area contributed by atoms with Crippen LogP contribution in [0, 0.1) is 11.7 Å². The van der Waals surface area contributed by atoms with Gasteiger partial charge in [-0.2, -0.15) is 9.90 Å². The van der Waals surface area contributed by atoms with E-state index in [-0.39, 0.29) is 29.4 Å². The monoisotopic (exact) mass is 332 g/mol. The summed E-state index contributed by atoms with van der Waals surface area (Å²) in [5.74, 6) is -1.80.